The van der Waals surface area contributed by atoms with Gasteiger partial charge in [0.15, 0.2) is 0 Å². The molecule has 1 N–H and O–H groups in total. The van der Waals surface area contributed by atoms with Crippen LogP contribution in [0.2, 0.25) is 0 Å². The van der Waals surface area contributed by atoms with Gasteiger partial charge in [0, 0.05) is 25.7 Å². The highest BCUT2D eigenvalue weighted by Crippen LogP contribution is 2.15. The first-order chi connectivity index (χ1) is 7.29. The molecule has 0 aromatic rings. The van der Waals surface area contributed by atoms with Gasteiger partial charge in [0.2, 0.25) is 5.91 Å². The molecule has 2 saturated heterocycles. The van der Waals surface area contributed by atoms with Crippen molar-refractivity contribution in [3.63, 3.8) is 0 Å². The highest BCUT2D eigenvalue weighted by atomic mass is 16.5. The van der Waals surface area contributed by atoms with Crippen LogP contribution in [0.4, 0.5) is 0 Å². The second kappa shape index (κ2) is 4.94. The van der Waals surface area contributed by atoms with Gasteiger partial charge >= 0.3 is 0 Å². The molecule has 2 fully saturated rings. The third-order valence-electron chi connectivity index (χ3n) is 3.36. The number of ether oxygens (including phenoxy) is 1. The monoisotopic (exact) mass is 212 g/mol. The van der Waals surface area contributed by atoms with E-state index in [1.807, 2.05) is 11.8 Å². The summed E-state index contributed by atoms with van der Waals surface area (Å²) >= 11 is 0. The molecule has 2 heterocycles. The lowest BCUT2D eigenvalue weighted by molar-refractivity contribution is -0.136. The average Bonchev–Trinajstić information content (AvgIpc) is 2.82. The van der Waals surface area contributed by atoms with Gasteiger partial charge in [0.25, 0.3) is 0 Å². The first-order valence-corrected chi connectivity index (χ1v) is 5.89. The first kappa shape index (κ1) is 10.9. The second-order valence-electron chi connectivity index (χ2n) is 4.46. The van der Waals surface area contributed by atoms with Crippen LogP contribution < -0.4 is 5.32 Å². The number of likely N-dealkylation sites (tertiary alicyclic amines) is 1. The number of hydrogen-bond donors (Lipinski definition) is 1. The van der Waals surface area contributed by atoms with Gasteiger partial charge in [-0.15, -0.1) is 0 Å². The van der Waals surface area contributed by atoms with Crippen LogP contribution in [0.1, 0.15) is 19.8 Å². The smallest absolute Gasteiger partial charge is 0.227 e. The summed E-state index contributed by atoms with van der Waals surface area (Å²) in [6, 6.07) is 0.201. The van der Waals surface area contributed by atoms with E-state index in [1.54, 1.807) is 0 Å². The van der Waals surface area contributed by atoms with E-state index in [0.29, 0.717) is 6.61 Å². The molecule has 2 aliphatic rings. The van der Waals surface area contributed by atoms with Crippen molar-refractivity contribution in [2.24, 2.45) is 5.92 Å². The second-order valence-corrected chi connectivity index (χ2v) is 4.46. The Kier molecular flexibility index (Phi) is 3.59. The fourth-order valence-electron chi connectivity index (χ4n) is 2.30. The van der Waals surface area contributed by atoms with Crippen molar-refractivity contribution in [3.8, 4) is 0 Å². The maximum absolute atomic E-state index is 12.1. The van der Waals surface area contributed by atoms with Crippen molar-refractivity contribution < 1.29 is 9.53 Å². The molecular formula is C11H20N2O2. The van der Waals surface area contributed by atoms with Gasteiger partial charge < -0.3 is 15.0 Å². The van der Waals surface area contributed by atoms with Crippen LogP contribution in [-0.4, -0.2) is 49.7 Å². The highest BCUT2D eigenvalue weighted by molar-refractivity contribution is 5.79. The van der Waals surface area contributed by atoms with Crippen molar-refractivity contribution in [2.75, 3.05) is 32.8 Å². The fourth-order valence-corrected chi connectivity index (χ4v) is 2.30. The van der Waals surface area contributed by atoms with E-state index in [0.717, 1.165) is 39.1 Å². The summed E-state index contributed by atoms with van der Waals surface area (Å²) in [5.41, 5.74) is 0. The molecule has 0 aromatic carbocycles. The maximum Gasteiger partial charge on any atom is 0.227 e. The zero-order valence-corrected chi connectivity index (χ0v) is 9.37. The summed E-state index contributed by atoms with van der Waals surface area (Å²) < 4.78 is 5.38. The Morgan fingerprint density at radius 2 is 2.20 bits per heavy atom. The first-order valence-electron chi connectivity index (χ1n) is 5.89. The van der Waals surface area contributed by atoms with Crippen LogP contribution in [0.3, 0.4) is 0 Å². The summed E-state index contributed by atoms with van der Waals surface area (Å²) in [5.74, 6) is 0.332. The Balaban J connectivity index is 1.87. The molecule has 86 valence electrons. The predicted molar refractivity (Wildman–Crippen MR) is 57.6 cm³/mol. The van der Waals surface area contributed by atoms with E-state index in [2.05, 4.69) is 5.32 Å². The molecule has 0 radical (unpaired) electrons. The molecule has 0 spiro atoms. The Hall–Kier alpha value is -0.610. The molecular weight excluding hydrogens is 192 g/mol. The Morgan fingerprint density at radius 1 is 1.47 bits per heavy atom. The van der Waals surface area contributed by atoms with Crippen LogP contribution in [0.25, 0.3) is 0 Å². The normalized spacial score (nSPS) is 29.1. The number of amides is 1. The van der Waals surface area contributed by atoms with Crippen molar-refractivity contribution in [2.45, 2.75) is 25.8 Å². The molecule has 0 saturated carbocycles. The SMILES string of the molecule is CC(C(=O)N1CCCC1)C1COCCN1. The molecule has 4 heteroatoms. The van der Waals surface area contributed by atoms with Gasteiger partial charge in [0.1, 0.15) is 0 Å². The number of rotatable bonds is 2. The molecule has 2 atom stereocenters. The number of nitrogens with zero attached hydrogens (tertiary/aromatic N) is 1. The minimum atomic E-state index is 0.0448. The van der Waals surface area contributed by atoms with E-state index in [9.17, 15) is 4.79 Å². The zero-order valence-electron chi connectivity index (χ0n) is 9.37. The Morgan fingerprint density at radius 3 is 2.80 bits per heavy atom. The van der Waals surface area contributed by atoms with Crippen molar-refractivity contribution in [3.05, 3.63) is 0 Å². The summed E-state index contributed by atoms with van der Waals surface area (Å²) in [7, 11) is 0. The molecule has 0 aliphatic carbocycles. The van der Waals surface area contributed by atoms with Crippen LogP contribution >= 0.6 is 0 Å². The van der Waals surface area contributed by atoms with Gasteiger partial charge in [-0.3, -0.25) is 4.79 Å². The van der Waals surface area contributed by atoms with Gasteiger partial charge in [-0.25, -0.2) is 0 Å². The number of carbonyl (C=O) groups is 1. The summed E-state index contributed by atoms with van der Waals surface area (Å²) in [5, 5.41) is 3.35. The summed E-state index contributed by atoms with van der Waals surface area (Å²) in [4.78, 5) is 14.1. The van der Waals surface area contributed by atoms with E-state index < -0.39 is 0 Å². The largest absolute Gasteiger partial charge is 0.378 e. The minimum Gasteiger partial charge on any atom is -0.378 e. The van der Waals surface area contributed by atoms with E-state index >= 15 is 0 Å². The maximum atomic E-state index is 12.1. The molecule has 1 amide bonds. The third kappa shape index (κ3) is 2.49. The molecule has 4 nitrogen and oxygen atoms in total. The van der Waals surface area contributed by atoms with E-state index in [-0.39, 0.29) is 17.9 Å². The van der Waals surface area contributed by atoms with Crippen LogP contribution in [-0.2, 0) is 9.53 Å². The lowest BCUT2D eigenvalue weighted by atomic mass is 10.0. The molecule has 2 unspecified atom stereocenters. The molecule has 0 bridgehead atoms. The quantitative estimate of drug-likeness (QED) is 0.712. The van der Waals surface area contributed by atoms with Crippen LogP contribution in [0.15, 0.2) is 0 Å². The van der Waals surface area contributed by atoms with Crippen molar-refractivity contribution in [1.82, 2.24) is 10.2 Å². The standard InChI is InChI=1S/C11H20N2O2/c1-9(10-8-15-7-4-12-10)11(14)13-5-2-3-6-13/h9-10,12H,2-8H2,1H3. The highest BCUT2D eigenvalue weighted by Gasteiger charge is 2.30. The van der Waals surface area contributed by atoms with Gasteiger partial charge in [-0.1, -0.05) is 6.92 Å². The predicted octanol–water partition coefficient (Wildman–Crippen LogP) is 0.233. The topological polar surface area (TPSA) is 41.6 Å². The van der Waals surface area contributed by atoms with Crippen molar-refractivity contribution in [1.29, 1.82) is 0 Å². The number of morpholine rings is 1. The Bertz CT molecular complexity index is 221. The zero-order chi connectivity index (χ0) is 10.7. The molecule has 15 heavy (non-hydrogen) atoms. The van der Waals surface area contributed by atoms with E-state index in [4.69, 9.17) is 4.74 Å². The summed E-state index contributed by atoms with van der Waals surface area (Å²) in [6.07, 6.45) is 2.32. The number of hydrogen-bond acceptors (Lipinski definition) is 3. The minimum absolute atomic E-state index is 0.0448. The van der Waals surface area contributed by atoms with Gasteiger partial charge in [-0.2, -0.15) is 0 Å². The van der Waals surface area contributed by atoms with Crippen molar-refractivity contribution >= 4 is 5.91 Å². The molecule has 2 aliphatic heterocycles. The molecule has 2 rings (SSSR count). The van der Waals surface area contributed by atoms with Gasteiger partial charge in [0.05, 0.1) is 19.1 Å². The van der Waals surface area contributed by atoms with Crippen LogP contribution in [0, 0.1) is 5.92 Å². The fraction of sp³-hybridized carbons (Fsp3) is 0.909. The van der Waals surface area contributed by atoms with Gasteiger partial charge in [-0.05, 0) is 12.8 Å². The van der Waals surface area contributed by atoms with E-state index in [1.165, 1.54) is 0 Å². The number of carbonyl (C=O) groups excluding carboxylic acids is 1. The lowest BCUT2D eigenvalue weighted by Crippen LogP contribution is -2.50. The average molecular weight is 212 g/mol. The number of nitrogens with one attached hydrogen (secondary N) is 1. The molecule has 0 aromatic heterocycles. The summed E-state index contributed by atoms with van der Waals surface area (Å²) in [6.45, 7) is 6.19. The van der Waals surface area contributed by atoms with Crippen LogP contribution in [0.5, 0.6) is 0 Å². The lowest BCUT2D eigenvalue weighted by Gasteiger charge is -2.30. The Labute approximate surface area is 91.0 Å². The third-order valence-corrected chi connectivity index (χ3v) is 3.36.